The molecule has 6 nitrogen and oxygen atoms in total. The molecule has 0 radical (unpaired) electrons. The molecular formula is C18H18Cl2N4O2. The summed E-state index contributed by atoms with van der Waals surface area (Å²) in [6.07, 6.45) is 6.42. The summed E-state index contributed by atoms with van der Waals surface area (Å²) in [7, 11) is 0. The first-order chi connectivity index (χ1) is 12.5. The molecule has 2 saturated heterocycles. The van der Waals surface area contributed by atoms with Crippen LogP contribution in [0.2, 0.25) is 10.0 Å². The summed E-state index contributed by atoms with van der Waals surface area (Å²) < 4.78 is 0. The van der Waals surface area contributed by atoms with Crippen molar-refractivity contribution < 1.29 is 9.90 Å². The van der Waals surface area contributed by atoms with E-state index in [0.29, 0.717) is 17.0 Å². The van der Waals surface area contributed by atoms with Crippen molar-refractivity contribution in [3.63, 3.8) is 0 Å². The van der Waals surface area contributed by atoms with Gasteiger partial charge in [0.2, 0.25) is 5.95 Å². The molecule has 1 aromatic heterocycles. The summed E-state index contributed by atoms with van der Waals surface area (Å²) >= 11 is 11.9. The number of hydrogen-bond donors (Lipinski definition) is 2. The van der Waals surface area contributed by atoms with Crippen LogP contribution in [0.4, 0.5) is 5.95 Å². The molecule has 1 aliphatic carbocycles. The number of aromatic hydroxyl groups is 1. The van der Waals surface area contributed by atoms with Crippen LogP contribution in [0, 0.1) is 5.92 Å². The maximum Gasteiger partial charge on any atom is 0.255 e. The number of fused-ring (bicyclic) bond motifs is 3. The second kappa shape index (κ2) is 6.93. The van der Waals surface area contributed by atoms with Crippen LogP contribution in [0.1, 0.15) is 29.6 Å². The van der Waals surface area contributed by atoms with Crippen molar-refractivity contribution >= 4 is 35.1 Å². The molecule has 2 aliphatic heterocycles. The number of phenols is 1. The molecule has 5 rings (SSSR count). The number of amides is 1. The Labute approximate surface area is 161 Å². The molecule has 136 valence electrons. The molecule has 1 saturated carbocycles. The lowest BCUT2D eigenvalue weighted by atomic mass is 9.76. The molecule has 3 fully saturated rings. The Balaban J connectivity index is 1.49. The fourth-order valence-corrected chi connectivity index (χ4v) is 4.45. The van der Waals surface area contributed by atoms with Crippen LogP contribution in [-0.4, -0.2) is 39.6 Å². The summed E-state index contributed by atoms with van der Waals surface area (Å²) in [5.41, 5.74) is 0.104. The van der Waals surface area contributed by atoms with Crippen molar-refractivity contribution in [1.29, 1.82) is 0 Å². The first-order valence-electron chi connectivity index (χ1n) is 8.55. The second-order valence-corrected chi connectivity index (χ2v) is 7.64. The summed E-state index contributed by atoms with van der Waals surface area (Å²) in [4.78, 5) is 23.6. The van der Waals surface area contributed by atoms with Crippen molar-refractivity contribution in [3.05, 3.63) is 46.2 Å². The molecule has 3 atom stereocenters. The van der Waals surface area contributed by atoms with E-state index in [1.165, 1.54) is 12.1 Å². The quantitative estimate of drug-likeness (QED) is 0.837. The van der Waals surface area contributed by atoms with E-state index in [9.17, 15) is 9.90 Å². The number of nitrogens with one attached hydrogen (secondary N) is 1. The Morgan fingerprint density at radius 1 is 1.23 bits per heavy atom. The zero-order valence-electron chi connectivity index (χ0n) is 13.9. The van der Waals surface area contributed by atoms with Crippen molar-refractivity contribution in [3.8, 4) is 5.75 Å². The number of piperidine rings is 2. The van der Waals surface area contributed by atoms with Gasteiger partial charge in [0, 0.05) is 36.0 Å². The topological polar surface area (TPSA) is 78.4 Å². The number of phenolic OH excluding ortho intramolecular Hbond substituents is 1. The maximum absolute atomic E-state index is 12.6. The molecule has 1 amide bonds. The summed E-state index contributed by atoms with van der Waals surface area (Å²) in [5.74, 6) is 0.455. The molecule has 1 aromatic carbocycles. The Hall–Kier alpha value is -2.05. The molecule has 0 unspecified atom stereocenters. The lowest BCUT2D eigenvalue weighted by Gasteiger charge is -2.49. The van der Waals surface area contributed by atoms with E-state index < -0.39 is 0 Å². The molecule has 26 heavy (non-hydrogen) atoms. The van der Waals surface area contributed by atoms with Gasteiger partial charge in [-0.15, -0.1) is 0 Å². The maximum atomic E-state index is 12.6. The van der Waals surface area contributed by atoms with Gasteiger partial charge >= 0.3 is 0 Å². The van der Waals surface area contributed by atoms with Crippen LogP contribution in [-0.2, 0) is 0 Å². The van der Waals surface area contributed by atoms with Gasteiger partial charge in [0.15, 0.2) is 0 Å². The Morgan fingerprint density at radius 3 is 2.69 bits per heavy atom. The largest absolute Gasteiger partial charge is 0.506 e. The zero-order chi connectivity index (χ0) is 18.3. The van der Waals surface area contributed by atoms with E-state index in [0.717, 1.165) is 31.8 Å². The third-order valence-corrected chi connectivity index (χ3v) is 5.74. The Kier molecular flexibility index (Phi) is 4.63. The minimum Gasteiger partial charge on any atom is -0.506 e. The van der Waals surface area contributed by atoms with E-state index >= 15 is 0 Å². The van der Waals surface area contributed by atoms with Crippen molar-refractivity contribution in [2.75, 3.05) is 11.4 Å². The van der Waals surface area contributed by atoms with E-state index in [1.807, 2.05) is 0 Å². The summed E-state index contributed by atoms with van der Waals surface area (Å²) in [6.45, 7) is 0.807. The standard InChI is InChI=1S/C18H18Cl2N4O2/c19-11-6-13(16(25)14(20)7-11)17(26)23-15-8-12-3-2-10(15)9-24(12)18-21-4-1-5-22-18/h1,4-7,10,12,15,25H,2-3,8-9H2,(H,23,26)/t10-,12-,15-/m1/s1. The number of nitrogens with zero attached hydrogens (tertiary/aromatic N) is 3. The summed E-state index contributed by atoms with van der Waals surface area (Å²) in [5, 5.41) is 13.5. The van der Waals surface area contributed by atoms with Gasteiger partial charge in [0.25, 0.3) is 5.91 Å². The van der Waals surface area contributed by atoms with Gasteiger partial charge in [-0.05, 0) is 43.4 Å². The fraction of sp³-hybridized carbons (Fsp3) is 0.389. The highest BCUT2D eigenvalue weighted by atomic mass is 35.5. The van der Waals surface area contributed by atoms with Crippen molar-refractivity contribution in [1.82, 2.24) is 15.3 Å². The van der Waals surface area contributed by atoms with Crippen molar-refractivity contribution in [2.45, 2.75) is 31.3 Å². The normalized spacial score (nSPS) is 24.5. The molecular weight excluding hydrogens is 375 g/mol. The summed E-state index contributed by atoms with van der Waals surface area (Å²) in [6, 6.07) is 4.98. The van der Waals surface area contributed by atoms with Crippen LogP contribution < -0.4 is 10.2 Å². The van der Waals surface area contributed by atoms with Gasteiger partial charge in [-0.3, -0.25) is 4.79 Å². The van der Waals surface area contributed by atoms with Gasteiger partial charge in [0.05, 0.1) is 10.6 Å². The first kappa shape index (κ1) is 17.4. The lowest BCUT2D eigenvalue weighted by molar-refractivity contribution is 0.0876. The van der Waals surface area contributed by atoms with Crippen LogP contribution >= 0.6 is 23.2 Å². The molecule has 0 spiro atoms. The number of benzene rings is 1. The average molecular weight is 393 g/mol. The molecule has 3 aliphatic rings. The predicted octanol–water partition coefficient (Wildman–Crippen LogP) is 3.28. The number of carbonyl (C=O) groups is 1. The fourth-order valence-electron chi connectivity index (χ4n) is 3.96. The Morgan fingerprint density at radius 2 is 2.00 bits per heavy atom. The monoisotopic (exact) mass is 392 g/mol. The molecule has 3 heterocycles. The SMILES string of the molecule is O=C(N[C@@H]1C[C@H]2CC[C@@H]1CN2c1ncccn1)c1cc(Cl)cc(Cl)c1O. The van der Waals surface area contributed by atoms with Gasteiger partial charge in [0.1, 0.15) is 5.75 Å². The Bertz CT molecular complexity index is 833. The van der Waals surface area contributed by atoms with Gasteiger partial charge < -0.3 is 15.3 Å². The zero-order valence-corrected chi connectivity index (χ0v) is 15.4. The van der Waals surface area contributed by atoms with Crippen LogP contribution in [0.15, 0.2) is 30.6 Å². The highest BCUT2D eigenvalue weighted by molar-refractivity contribution is 6.36. The molecule has 8 heteroatoms. The van der Waals surface area contributed by atoms with Gasteiger partial charge in [-0.1, -0.05) is 23.2 Å². The second-order valence-electron chi connectivity index (χ2n) is 6.79. The number of aromatic nitrogens is 2. The van der Waals surface area contributed by atoms with E-state index in [-0.39, 0.29) is 28.3 Å². The third kappa shape index (κ3) is 3.19. The van der Waals surface area contributed by atoms with Gasteiger partial charge in [-0.2, -0.15) is 0 Å². The van der Waals surface area contributed by atoms with Gasteiger partial charge in [-0.25, -0.2) is 9.97 Å². The minimum absolute atomic E-state index is 0.0402. The smallest absolute Gasteiger partial charge is 0.255 e. The first-order valence-corrected chi connectivity index (χ1v) is 9.31. The minimum atomic E-state index is -0.355. The van der Waals surface area contributed by atoms with Crippen LogP contribution in [0.25, 0.3) is 0 Å². The molecule has 2 aromatic rings. The highest BCUT2D eigenvalue weighted by Gasteiger charge is 2.42. The van der Waals surface area contributed by atoms with Crippen molar-refractivity contribution in [2.24, 2.45) is 5.92 Å². The highest BCUT2D eigenvalue weighted by Crippen LogP contribution is 2.37. The number of halogens is 2. The van der Waals surface area contributed by atoms with E-state index in [1.54, 1.807) is 18.5 Å². The number of rotatable bonds is 3. The lowest BCUT2D eigenvalue weighted by Crippen LogP contribution is -2.59. The van der Waals surface area contributed by atoms with Crippen LogP contribution in [0.3, 0.4) is 0 Å². The average Bonchev–Trinajstić information content (AvgIpc) is 2.66. The predicted molar refractivity (Wildman–Crippen MR) is 99.9 cm³/mol. The van der Waals surface area contributed by atoms with E-state index in [4.69, 9.17) is 23.2 Å². The van der Waals surface area contributed by atoms with Crippen LogP contribution in [0.5, 0.6) is 5.75 Å². The van der Waals surface area contributed by atoms with E-state index in [2.05, 4.69) is 20.2 Å². The molecule has 2 bridgehead atoms. The number of carbonyl (C=O) groups excluding carboxylic acids is 1. The third-order valence-electron chi connectivity index (χ3n) is 5.24. The number of hydrogen-bond acceptors (Lipinski definition) is 5. The number of anilines is 1. The molecule has 2 N–H and O–H groups in total.